The summed E-state index contributed by atoms with van der Waals surface area (Å²) in [4.78, 5) is 14.4. The molecule has 0 aliphatic carbocycles. The molecule has 0 radical (unpaired) electrons. The molecule has 0 unspecified atom stereocenters. The van der Waals surface area contributed by atoms with Gasteiger partial charge in [0.05, 0.1) is 12.2 Å². The van der Waals surface area contributed by atoms with E-state index in [0.717, 1.165) is 23.4 Å². The van der Waals surface area contributed by atoms with Gasteiger partial charge in [0, 0.05) is 6.54 Å². The molecule has 0 saturated heterocycles. The molecular formula is C19H22N2O2. The highest BCUT2D eigenvalue weighted by molar-refractivity contribution is 5.94. The van der Waals surface area contributed by atoms with Crippen molar-refractivity contribution in [3.63, 3.8) is 0 Å². The van der Waals surface area contributed by atoms with Crippen LogP contribution in [0.25, 0.3) is 0 Å². The summed E-state index contributed by atoms with van der Waals surface area (Å²) in [5, 5.41) is 3.01. The van der Waals surface area contributed by atoms with E-state index < -0.39 is 0 Å². The monoisotopic (exact) mass is 310 g/mol. The highest BCUT2D eigenvalue weighted by Crippen LogP contribution is 2.33. The van der Waals surface area contributed by atoms with E-state index >= 15 is 0 Å². The van der Waals surface area contributed by atoms with Gasteiger partial charge >= 0.3 is 6.03 Å². The van der Waals surface area contributed by atoms with Gasteiger partial charge in [0.1, 0.15) is 11.9 Å². The number of benzene rings is 2. The predicted molar refractivity (Wildman–Crippen MR) is 91.9 cm³/mol. The number of hydrogen-bond donors (Lipinski definition) is 1. The molecule has 4 nitrogen and oxygen atoms in total. The molecule has 0 fully saturated rings. The maximum absolute atomic E-state index is 12.6. The van der Waals surface area contributed by atoms with Crippen LogP contribution in [0, 0.1) is 6.92 Å². The number of hydrogen-bond acceptors (Lipinski definition) is 2. The predicted octanol–water partition coefficient (Wildman–Crippen LogP) is 3.88. The van der Waals surface area contributed by atoms with Gasteiger partial charge in [0.15, 0.2) is 0 Å². The van der Waals surface area contributed by atoms with Crippen molar-refractivity contribution >= 4 is 11.7 Å². The van der Waals surface area contributed by atoms with Crippen LogP contribution in [0.15, 0.2) is 48.5 Å². The summed E-state index contributed by atoms with van der Waals surface area (Å²) in [6.45, 7) is 5.22. The Kier molecular flexibility index (Phi) is 4.51. The first-order valence-electron chi connectivity index (χ1n) is 8.04. The lowest BCUT2D eigenvalue weighted by molar-refractivity contribution is 0.186. The Hall–Kier alpha value is -2.49. The summed E-state index contributed by atoms with van der Waals surface area (Å²) in [5.74, 6) is 0.774. The van der Waals surface area contributed by atoms with Gasteiger partial charge in [-0.15, -0.1) is 0 Å². The molecule has 2 aromatic rings. The van der Waals surface area contributed by atoms with Crippen molar-refractivity contribution in [1.29, 1.82) is 0 Å². The van der Waals surface area contributed by atoms with Crippen molar-refractivity contribution in [2.45, 2.75) is 32.9 Å². The molecule has 1 heterocycles. The van der Waals surface area contributed by atoms with Gasteiger partial charge in [-0.3, -0.25) is 4.90 Å². The molecule has 1 N–H and O–H groups in total. The largest absolute Gasteiger partial charge is 0.486 e. The molecule has 2 amide bonds. The average molecular weight is 310 g/mol. The van der Waals surface area contributed by atoms with E-state index in [1.54, 1.807) is 4.90 Å². The van der Waals surface area contributed by atoms with Gasteiger partial charge in [-0.2, -0.15) is 0 Å². The highest BCUT2D eigenvalue weighted by atomic mass is 16.5. The maximum Gasteiger partial charge on any atom is 0.322 e. The fraction of sp³-hybridized carbons (Fsp3) is 0.316. The number of para-hydroxylation sites is 2. The molecule has 2 aromatic carbocycles. The molecule has 0 aromatic heterocycles. The lowest BCUT2D eigenvalue weighted by Gasteiger charge is -2.34. The summed E-state index contributed by atoms with van der Waals surface area (Å²) in [7, 11) is 0. The Morgan fingerprint density at radius 3 is 2.70 bits per heavy atom. The number of carbonyl (C=O) groups excluding carboxylic acids is 1. The van der Waals surface area contributed by atoms with Crippen molar-refractivity contribution in [2.75, 3.05) is 11.4 Å². The van der Waals surface area contributed by atoms with Crippen molar-refractivity contribution in [3.8, 4) is 5.75 Å². The molecule has 1 atom stereocenters. The second-order valence-electron chi connectivity index (χ2n) is 5.87. The van der Waals surface area contributed by atoms with E-state index in [4.69, 9.17) is 4.74 Å². The van der Waals surface area contributed by atoms with Crippen molar-refractivity contribution in [1.82, 2.24) is 5.32 Å². The number of carbonyl (C=O) groups is 1. The smallest absolute Gasteiger partial charge is 0.322 e. The zero-order chi connectivity index (χ0) is 16.2. The fourth-order valence-electron chi connectivity index (χ4n) is 2.68. The standard InChI is InChI=1S/C19H22N2O2/c1-3-16-13-21(17-6-4-5-7-18(17)23-16)19(22)20-12-15-10-8-14(2)9-11-15/h4-11,16H,3,12-13H2,1-2H3,(H,20,22)/t16-/m0/s1. The second-order valence-corrected chi connectivity index (χ2v) is 5.87. The molecule has 120 valence electrons. The van der Waals surface area contributed by atoms with Crippen LogP contribution in [0.1, 0.15) is 24.5 Å². The highest BCUT2D eigenvalue weighted by Gasteiger charge is 2.28. The Labute approximate surface area is 137 Å². The van der Waals surface area contributed by atoms with E-state index in [9.17, 15) is 4.79 Å². The second kappa shape index (κ2) is 6.73. The minimum Gasteiger partial charge on any atom is -0.486 e. The number of ether oxygens (including phenoxy) is 1. The van der Waals surface area contributed by atoms with Crippen molar-refractivity contribution in [3.05, 3.63) is 59.7 Å². The minimum atomic E-state index is -0.0835. The quantitative estimate of drug-likeness (QED) is 0.934. The van der Waals surface area contributed by atoms with Crippen LogP contribution in [0.2, 0.25) is 0 Å². The summed E-state index contributed by atoms with van der Waals surface area (Å²) >= 11 is 0. The van der Waals surface area contributed by atoms with Crippen molar-refractivity contribution in [2.24, 2.45) is 0 Å². The average Bonchev–Trinajstić information content (AvgIpc) is 2.60. The summed E-state index contributed by atoms with van der Waals surface area (Å²) in [5.41, 5.74) is 3.14. The number of aryl methyl sites for hydroxylation is 1. The zero-order valence-corrected chi connectivity index (χ0v) is 13.6. The number of nitrogens with one attached hydrogen (secondary N) is 1. The first kappa shape index (κ1) is 15.4. The van der Waals surface area contributed by atoms with Gasteiger partial charge in [-0.25, -0.2) is 4.79 Å². The van der Waals surface area contributed by atoms with E-state index in [-0.39, 0.29) is 12.1 Å². The molecule has 4 heteroatoms. The Morgan fingerprint density at radius 1 is 1.22 bits per heavy atom. The SMILES string of the molecule is CC[C@H]1CN(C(=O)NCc2ccc(C)cc2)c2ccccc2O1. The molecule has 1 aliphatic heterocycles. The fourth-order valence-corrected chi connectivity index (χ4v) is 2.68. The summed E-state index contributed by atoms with van der Waals surface area (Å²) in [6, 6.07) is 15.8. The third kappa shape index (κ3) is 3.47. The van der Waals surface area contributed by atoms with Gasteiger partial charge in [-0.05, 0) is 31.0 Å². The number of nitrogens with zero attached hydrogens (tertiary/aromatic N) is 1. The Balaban J connectivity index is 1.72. The number of anilines is 1. The van der Waals surface area contributed by atoms with E-state index in [0.29, 0.717) is 13.1 Å². The maximum atomic E-state index is 12.6. The molecule has 1 aliphatic rings. The molecule has 0 bridgehead atoms. The molecule has 3 rings (SSSR count). The van der Waals surface area contributed by atoms with Crippen LogP contribution < -0.4 is 15.0 Å². The first-order chi connectivity index (χ1) is 11.2. The lowest BCUT2D eigenvalue weighted by Crippen LogP contribution is -2.47. The number of fused-ring (bicyclic) bond motifs is 1. The van der Waals surface area contributed by atoms with Crippen LogP contribution in [0.5, 0.6) is 5.75 Å². The van der Waals surface area contributed by atoms with Crippen LogP contribution in [-0.2, 0) is 6.54 Å². The van der Waals surface area contributed by atoms with Gasteiger partial charge in [0.25, 0.3) is 0 Å². The molecule has 23 heavy (non-hydrogen) atoms. The van der Waals surface area contributed by atoms with Crippen LogP contribution in [0.4, 0.5) is 10.5 Å². The third-order valence-corrected chi connectivity index (χ3v) is 4.10. The van der Waals surface area contributed by atoms with Crippen molar-refractivity contribution < 1.29 is 9.53 Å². The minimum absolute atomic E-state index is 0.0371. The topological polar surface area (TPSA) is 41.6 Å². The Morgan fingerprint density at radius 2 is 1.96 bits per heavy atom. The third-order valence-electron chi connectivity index (χ3n) is 4.10. The summed E-state index contributed by atoms with van der Waals surface area (Å²) in [6.07, 6.45) is 0.908. The van der Waals surface area contributed by atoms with Crippen LogP contribution in [0.3, 0.4) is 0 Å². The van der Waals surface area contributed by atoms with Gasteiger partial charge < -0.3 is 10.1 Å². The number of urea groups is 1. The number of amides is 2. The summed E-state index contributed by atoms with van der Waals surface area (Å²) < 4.78 is 5.92. The van der Waals surface area contributed by atoms with Crippen LogP contribution in [-0.4, -0.2) is 18.7 Å². The first-order valence-corrected chi connectivity index (χ1v) is 8.04. The number of rotatable bonds is 3. The molecule has 0 spiro atoms. The lowest BCUT2D eigenvalue weighted by atomic mass is 10.1. The molecule has 0 saturated carbocycles. The van der Waals surface area contributed by atoms with Gasteiger partial charge in [0.2, 0.25) is 0 Å². The van der Waals surface area contributed by atoms with E-state index in [1.165, 1.54) is 5.56 Å². The molecular weight excluding hydrogens is 288 g/mol. The van der Waals surface area contributed by atoms with Gasteiger partial charge in [-0.1, -0.05) is 48.9 Å². The van der Waals surface area contributed by atoms with E-state index in [2.05, 4.69) is 31.3 Å². The normalized spacial score (nSPS) is 16.4. The Bertz CT molecular complexity index is 682. The van der Waals surface area contributed by atoms with E-state index in [1.807, 2.05) is 36.4 Å². The van der Waals surface area contributed by atoms with Crippen LogP contribution >= 0.6 is 0 Å². The zero-order valence-electron chi connectivity index (χ0n) is 13.6.